The highest BCUT2D eigenvalue weighted by Gasteiger charge is 2.10. The van der Waals surface area contributed by atoms with E-state index in [1.165, 1.54) is 0 Å². The van der Waals surface area contributed by atoms with Crippen LogP contribution in [0.5, 0.6) is 0 Å². The molecule has 0 amide bonds. The monoisotopic (exact) mass is 284 g/mol. The third kappa shape index (κ3) is 4.30. The molecule has 1 saturated heterocycles. The van der Waals surface area contributed by atoms with Crippen LogP contribution in [-0.2, 0) is 4.74 Å². The Morgan fingerprint density at radius 2 is 2.00 bits per heavy atom. The normalized spacial score (nSPS) is 16.6. The Balaban J connectivity index is 1.76. The van der Waals surface area contributed by atoms with Gasteiger partial charge in [0.2, 0.25) is 5.28 Å². The van der Waals surface area contributed by atoms with Crippen molar-refractivity contribution < 1.29 is 4.74 Å². The van der Waals surface area contributed by atoms with Crippen molar-refractivity contribution in [1.29, 1.82) is 0 Å². The molecule has 106 valence electrons. The van der Waals surface area contributed by atoms with Crippen LogP contribution >= 0.6 is 11.6 Å². The molecule has 6 heteroatoms. The summed E-state index contributed by atoms with van der Waals surface area (Å²) in [6, 6.07) is 0. The largest absolute Gasteiger partial charge is 0.379 e. The van der Waals surface area contributed by atoms with E-state index in [2.05, 4.69) is 20.2 Å². The highest BCUT2D eigenvalue weighted by molar-refractivity contribution is 6.28. The topological polar surface area (TPSA) is 50.3 Å². The molecule has 19 heavy (non-hydrogen) atoms. The Hall–Kier alpha value is -0.910. The maximum Gasteiger partial charge on any atom is 0.224 e. The molecule has 0 aliphatic carbocycles. The Labute approximate surface area is 119 Å². The lowest BCUT2D eigenvalue weighted by Crippen LogP contribution is -2.37. The van der Waals surface area contributed by atoms with Gasteiger partial charge in [-0.3, -0.25) is 4.90 Å². The fourth-order valence-electron chi connectivity index (χ4n) is 2.10. The van der Waals surface area contributed by atoms with Crippen LogP contribution in [0, 0.1) is 13.8 Å². The number of hydrogen-bond acceptors (Lipinski definition) is 5. The number of morpholine rings is 1. The van der Waals surface area contributed by atoms with Gasteiger partial charge in [0.1, 0.15) is 5.82 Å². The van der Waals surface area contributed by atoms with Crippen LogP contribution in [0.3, 0.4) is 0 Å². The number of aryl methyl sites for hydroxylation is 1. The van der Waals surface area contributed by atoms with Gasteiger partial charge in [0.05, 0.1) is 13.2 Å². The lowest BCUT2D eigenvalue weighted by molar-refractivity contribution is 0.0378. The maximum atomic E-state index is 5.87. The molecule has 1 aromatic rings. The molecule has 1 aliphatic heterocycles. The first-order chi connectivity index (χ1) is 9.16. The summed E-state index contributed by atoms with van der Waals surface area (Å²) in [5, 5.41) is 3.65. The van der Waals surface area contributed by atoms with E-state index < -0.39 is 0 Å². The second kappa shape index (κ2) is 7.03. The summed E-state index contributed by atoms with van der Waals surface area (Å²) in [6.07, 6.45) is 1.08. The molecule has 0 bridgehead atoms. The molecule has 2 heterocycles. The Bertz CT molecular complexity index is 421. The highest BCUT2D eigenvalue weighted by Crippen LogP contribution is 2.16. The van der Waals surface area contributed by atoms with Crippen molar-refractivity contribution in [2.45, 2.75) is 20.3 Å². The summed E-state index contributed by atoms with van der Waals surface area (Å²) >= 11 is 5.87. The average Bonchev–Trinajstić information content (AvgIpc) is 2.41. The van der Waals surface area contributed by atoms with Crippen LogP contribution in [0.1, 0.15) is 17.7 Å². The molecule has 5 nitrogen and oxygen atoms in total. The van der Waals surface area contributed by atoms with E-state index in [9.17, 15) is 0 Å². The fourth-order valence-corrected chi connectivity index (χ4v) is 2.31. The van der Waals surface area contributed by atoms with Crippen LogP contribution in [-0.4, -0.2) is 54.3 Å². The predicted molar refractivity (Wildman–Crippen MR) is 76.9 cm³/mol. The van der Waals surface area contributed by atoms with Crippen molar-refractivity contribution in [1.82, 2.24) is 14.9 Å². The zero-order valence-corrected chi connectivity index (χ0v) is 12.3. The molecular weight excluding hydrogens is 264 g/mol. The Kier molecular flexibility index (Phi) is 5.36. The molecule has 0 spiro atoms. The molecule has 1 N–H and O–H groups in total. The van der Waals surface area contributed by atoms with Gasteiger partial charge in [-0.2, -0.15) is 0 Å². The minimum Gasteiger partial charge on any atom is -0.379 e. The molecule has 0 aromatic carbocycles. The van der Waals surface area contributed by atoms with Gasteiger partial charge in [0.25, 0.3) is 0 Å². The predicted octanol–water partition coefficient (Wildman–Crippen LogP) is 1.88. The van der Waals surface area contributed by atoms with Crippen molar-refractivity contribution in [2.24, 2.45) is 0 Å². The van der Waals surface area contributed by atoms with Crippen LogP contribution in [0.15, 0.2) is 0 Å². The number of nitrogens with one attached hydrogen (secondary N) is 1. The molecular formula is C13H21ClN4O. The second-order valence-electron chi connectivity index (χ2n) is 4.79. The first-order valence-corrected chi connectivity index (χ1v) is 7.09. The minimum absolute atomic E-state index is 0.304. The van der Waals surface area contributed by atoms with Gasteiger partial charge in [-0.1, -0.05) is 0 Å². The van der Waals surface area contributed by atoms with E-state index in [1.54, 1.807) is 0 Å². The SMILES string of the molecule is Cc1nc(Cl)nc(NCCCN2CCOCC2)c1C. The van der Waals surface area contributed by atoms with E-state index in [4.69, 9.17) is 16.3 Å². The number of aromatic nitrogens is 2. The number of ether oxygens (including phenoxy) is 1. The van der Waals surface area contributed by atoms with Crippen molar-refractivity contribution >= 4 is 17.4 Å². The van der Waals surface area contributed by atoms with Gasteiger partial charge in [0, 0.05) is 30.9 Å². The Morgan fingerprint density at radius 3 is 2.74 bits per heavy atom. The van der Waals surface area contributed by atoms with Crippen LogP contribution in [0.25, 0.3) is 0 Å². The summed E-state index contributed by atoms with van der Waals surface area (Å²) in [4.78, 5) is 10.8. The van der Waals surface area contributed by atoms with Gasteiger partial charge < -0.3 is 10.1 Å². The van der Waals surface area contributed by atoms with Crippen molar-refractivity contribution in [2.75, 3.05) is 44.7 Å². The summed E-state index contributed by atoms with van der Waals surface area (Å²) < 4.78 is 5.33. The smallest absolute Gasteiger partial charge is 0.224 e. The maximum absolute atomic E-state index is 5.87. The molecule has 1 aromatic heterocycles. The number of nitrogens with zero attached hydrogens (tertiary/aromatic N) is 3. The van der Waals surface area contributed by atoms with E-state index >= 15 is 0 Å². The zero-order valence-electron chi connectivity index (χ0n) is 11.6. The third-order valence-electron chi connectivity index (χ3n) is 3.41. The summed E-state index contributed by atoms with van der Waals surface area (Å²) in [6.45, 7) is 9.73. The minimum atomic E-state index is 0.304. The zero-order chi connectivity index (χ0) is 13.7. The van der Waals surface area contributed by atoms with E-state index in [-0.39, 0.29) is 0 Å². The van der Waals surface area contributed by atoms with Crippen LogP contribution in [0.4, 0.5) is 5.82 Å². The summed E-state index contributed by atoms with van der Waals surface area (Å²) in [7, 11) is 0. The van der Waals surface area contributed by atoms with E-state index in [0.717, 1.165) is 62.9 Å². The van der Waals surface area contributed by atoms with Crippen LogP contribution < -0.4 is 5.32 Å². The lowest BCUT2D eigenvalue weighted by atomic mass is 10.2. The van der Waals surface area contributed by atoms with Crippen molar-refractivity contribution in [3.63, 3.8) is 0 Å². The third-order valence-corrected chi connectivity index (χ3v) is 3.58. The molecule has 2 rings (SSSR count). The van der Waals surface area contributed by atoms with Gasteiger partial charge in [-0.15, -0.1) is 0 Å². The van der Waals surface area contributed by atoms with Crippen molar-refractivity contribution in [3.05, 3.63) is 16.5 Å². The molecule has 1 aliphatic rings. The molecule has 1 fully saturated rings. The summed E-state index contributed by atoms with van der Waals surface area (Å²) in [5.41, 5.74) is 1.99. The van der Waals surface area contributed by atoms with Gasteiger partial charge in [0.15, 0.2) is 0 Å². The van der Waals surface area contributed by atoms with E-state index in [1.807, 2.05) is 13.8 Å². The standard InChI is InChI=1S/C13H21ClN4O/c1-10-11(2)16-13(14)17-12(10)15-4-3-5-18-6-8-19-9-7-18/h3-9H2,1-2H3,(H,15,16,17). The van der Waals surface area contributed by atoms with Crippen molar-refractivity contribution in [3.8, 4) is 0 Å². The quantitative estimate of drug-likeness (QED) is 0.661. The lowest BCUT2D eigenvalue weighted by Gasteiger charge is -2.26. The highest BCUT2D eigenvalue weighted by atomic mass is 35.5. The summed E-state index contributed by atoms with van der Waals surface area (Å²) in [5.74, 6) is 0.847. The first-order valence-electron chi connectivity index (χ1n) is 6.71. The van der Waals surface area contributed by atoms with Gasteiger partial charge in [-0.05, 0) is 38.4 Å². The number of halogens is 1. The number of rotatable bonds is 5. The Morgan fingerprint density at radius 1 is 1.26 bits per heavy atom. The first kappa shape index (κ1) is 14.5. The fraction of sp³-hybridized carbons (Fsp3) is 0.692. The number of anilines is 1. The van der Waals surface area contributed by atoms with Crippen LogP contribution in [0.2, 0.25) is 5.28 Å². The van der Waals surface area contributed by atoms with Gasteiger partial charge >= 0.3 is 0 Å². The van der Waals surface area contributed by atoms with Gasteiger partial charge in [-0.25, -0.2) is 9.97 Å². The second-order valence-corrected chi connectivity index (χ2v) is 5.12. The molecule has 0 saturated carbocycles. The molecule has 0 radical (unpaired) electrons. The number of hydrogen-bond donors (Lipinski definition) is 1. The molecule has 0 unspecified atom stereocenters. The van der Waals surface area contributed by atoms with E-state index in [0.29, 0.717) is 5.28 Å². The average molecular weight is 285 g/mol. The molecule has 0 atom stereocenters.